The lowest BCUT2D eigenvalue weighted by molar-refractivity contribution is 0.0942. The Kier molecular flexibility index (Phi) is 4.82. The number of rotatable bonds is 5. The maximum atomic E-state index is 12.1. The third kappa shape index (κ3) is 3.72. The minimum Gasteiger partial charge on any atom is -0.349 e. The van der Waals surface area contributed by atoms with Gasteiger partial charge in [-0.05, 0) is 18.2 Å². The molecule has 22 heavy (non-hydrogen) atoms. The van der Waals surface area contributed by atoms with E-state index in [2.05, 4.69) is 20.6 Å². The highest BCUT2D eigenvalue weighted by molar-refractivity contribution is 5.92. The summed E-state index contributed by atoms with van der Waals surface area (Å²) in [6.45, 7) is 5.66. The predicted octanol–water partition coefficient (Wildman–Crippen LogP) is 0.507. The third-order valence-electron chi connectivity index (χ3n) is 3.77. The number of benzene rings is 1. The lowest BCUT2D eigenvalue weighted by Gasteiger charge is -2.26. The molecule has 3 rings (SSSR count). The van der Waals surface area contributed by atoms with Crippen molar-refractivity contribution in [2.45, 2.75) is 0 Å². The van der Waals surface area contributed by atoms with E-state index in [0.717, 1.165) is 38.4 Å². The van der Waals surface area contributed by atoms with Gasteiger partial charge in [0.1, 0.15) is 0 Å². The van der Waals surface area contributed by atoms with Crippen molar-refractivity contribution in [2.24, 2.45) is 0 Å². The van der Waals surface area contributed by atoms with Gasteiger partial charge in [0.15, 0.2) is 5.69 Å². The highest BCUT2D eigenvalue weighted by atomic mass is 16.1. The van der Waals surface area contributed by atoms with Gasteiger partial charge in [0.05, 0.1) is 5.69 Å². The van der Waals surface area contributed by atoms with Crippen LogP contribution in [0.3, 0.4) is 0 Å². The largest absolute Gasteiger partial charge is 0.349 e. The molecule has 1 amide bonds. The average molecular weight is 299 g/mol. The second kappa shape index (κ2) is 7.20. The van der Waals surface area contributed by atoms with Gasteiger partial charge in [-0.3, -0.25) is 9.69 Å². The van der Waals surface area contributed by atoms with E-state index in [1.54, 1.807) is 16.9 Å². The molecular formula is C16H21N5O. The molecule has 6 nitrogen and oxygen atoms in total. The van der Waals surface area contributed by atoms with Crippen molar-refractivity contribution in [3.63, 3.8) is 0 Å². The summed E-state index contributed by atoms with van der Waals surface area (Å²) >= 11 is 0. The minimum atomic E-state index is -0.121. The van der Waals surface area contributed by atoms with Gasteiger partial charge >= 0.3 is 0 Å². The molecule has 0 unspecified atom stereocenters. The summed E-state index contributed by atoms with van der Waals surface area (Å²) in [5.41, 5.74) is 1.39. The van der Waals surface area contributed by atoms with Crippen molar-refractivity contribution < 1.29 is 4.79 Å². The standard InChI is InChI=1S/C16H21N5O/c22-16(18-9-13-20-11-7-17-8-12-20)15-6-10-21(19-15)14-4-2-1-3-5-14/h1-6,10,17H,7-9,11-13H2,(H,18,22). The van der Waals surface area contributed by atoms with E-state index in [1.165, 1.54) is 0 Å². The molecule has 0 bridgehead atoms. The molecule has 0 spiro atoms. The molecule has 116 valence electrons. The Morgan fingerprint density at radius 1 is 1.18 bits per heavy atom. The summed E-state index contributed by atoms with van der Waals surface area (Å²) in [5.74, 6) is -0.121. The molecule has 6 heteroatoms. The van der Waals surface area contributed by atoms with Gasteiger partial charge in [-0.15, -0.1) is 0 Å². The number of carbonyl (C=O) groups excluding carboxylic acids is 1. The maximum Gasteiger partial charge on any atom is 0.271 e. The first-order chi connectivity index (χ1) is 10.8. The molecule has 1 fully saturated rings. The molecule has 0 atom stereocenters. The Balaban J connectivity index is 1.51. The van der Waals surface area contributed by atoms with Crippen LogP contribution in [0.25, 0.3) is 5.69 Å². The zero-order chi connectivity index (χ0) is 15.2. The van der Waals surface area contributed by atoms with E-state index in [1.807, 2.05) is 30.3 Å². The number of amides is 1. The average Bonchev–Trinajstić information content (AvgIpc) is 3.07. The molecule has 0 saturated carbocycles. The normalized spacial score (nSPS) is 15.6. The quantitative estimate of drug-likeness (QED) is 0.844. The molecule has 0 radical (unpaired) electrons. The molecule has 1 aromatic heterocycles. The van der Waals surface area contributed by atoms with Gasteiger partial charge in [-0.1, -0.05) is 18.2 Å². The number of nitrogens with zero attached hydrogens (tertiary/aromatic N) is 3. The van der Waals surface area contributed by atoms with E-state index in [0.29, 0.717) is 12.2 Å². The van der Waals surface area contributed by atoms with Gasteiger partial charge in [0.2, 0.25) is 0 Å². The Bertz CT molecular complexity index is 604. The minimum absolute atomic E-state index is 0.121. The van der Waals surface area contributed by atoms with Crippen LogP contribution >= 0.6 is 0 Å². The van der Waals surface area contributed by atoms with Crippen molar-refractivity contribution >= 4 is 5.91 Å². The van der Waals surface area contributed by atoms with E-state index in [4.69, 9.17) is 0 Å². The van der Waals surface area contributed by atoms with Crippen LogP contribution in [0.5, 0.6) is 0 Å². The molecule has 1 saturated heterocycles. The number of piperazine rings is 1. The van der Waals surface area contributed by atoms with Crippen LogP contribution in [0.15, 0.2) is 42.6 Å². The topological polar surface area (TPSA) is 62.2 Å². The highest BCUT2D eigenvalue weighted by Crippen LogP contribution is 2.06. The smallest absolute Gasteiger partial charge is 0.271 e. The first-order valence-electron chi connectivity index (χ1n) is 7.65. The summed E-state index contributed by atoms with van der Waals surface area (Å²) in [4.78, 5) is 14.5. The molecule has 1 aromatic carbocycles. The molecule has 1 aliphatic rings. The van der Waals surface area contributed by atoms with Crippen molar-refractivity contribution in [3.8, 4) is 5.69 Å². The van der Waals surface area contributed by atoms with Crippen molar-refractivity contribution in [1.82, 2.24) is 25.3 Å². The maximum absolute atomic E-state index is 12.1. The van der Waals surface area contributed by atoms with Crippen LogP contribution in [-0.4, -0.2) is 59.9 Å². The van der Waals surface area contributed by atoms with Crippen molar-refractivity contribution in [1.29, 1.82) is 0 Å². The Hall–Kier alpha value is -2.18. The summed E-state index contributed by atoms with van der Waals surface area (Å²) in [7, 11) is 0. The lowest BCUT2D eigenvalue weighted by atomic mass is 10.3. The molecule has 2 aromatic rings. The number of hydrogen-bond acceptors (Lipinski definition) is 4. The van der Waals surface area contributed by atoms with Crippen LogP contribution in [-0.2, 0) is 0 Å². The van der Waals surface area contributed by atoms with Crippen LogP contribution in [0.4, 0.5) is 0 Å². The SMILES string of the molecule is O=C(NCCN1CCNCC1)c1ccn(-c2ccccc2)n1. The Labute approximate surface area is 130 Å². The van der Waals surface area contributed by atoms with Gasteiger partial charge < -0.3 is 10.6 Å². The molecule has 0 aliphatic carbocycles. The first-order valence-corrected chi connectivity index (χ1v) is 7.65. The summed E-state index contributed by atoms with van der Waals surface area (Å²) < 4.78 is 1.71. The van der Waals surface area contributed by atoms with E-state index in [-0.39, 0.29) is 5.91 Å². The summed E-state index contributed by atoms with van der Waals surface area (Å²) in [6.07, 6.45) is 1.81. The number of nitrogens with one attached hydrogen (secondary N) is 2. The predicted molar refractivity (Wildman–Crippen MR) is 85.2 cm³/mol. The third-order valence-corrected chi connectivity index (χ3v) is 3.77. The number of para-hydroxylation sites is 1. The van der Waals surface area contributed by atoms with Crippen molar-refractivity contribution in [2.75, 3.05) is 39.3 Å². The lowest BCUT2D eigenvalue weighted by Crippen LogP contribution is -2.46. The summed E-state index contributed by atoms with van der Waals surface area (Å²) in [6, 6.07) is 11.5. The van der Waals surface area contributed by atoms with E-state index < -0.39 is 0 Å². The molecule has 2 heterocycles. The molecule has 1 aliphatic heterocycles. The monoisotopic (exact) mass is 299 g/mol. The zero-order valence-electron chi connectivity index (χ0n) is 12.5. The zero-order valence-corrected chi connectivity index (χ0v) is 12.5. The second-order valence-electron chi connectivity index (χ2n) is 5.33. The number of hydrogen-bond donors (Lipinski definition) is 2. The number of aromatic nitrogens is 2. The molecule has 2 N–H and O–H groups in total. The Morgan fingerprint density at radius 3 is 2.73 bits per heavy atom. The molecular weight excluding hydrogens is 278 g/mol. The fourth-order valence-electron chi connectivity index (χ4n) is 2.52. The Morgan fingerprint density at radius 2 is 1.95 bits per heavy atom. The van der Waals surface area contributed by atoms with Crippen LogP contribution < -0.4 is 10.6 Å². The summed E-state index contributed by atoms with van der Waals surface area (Å²) in [5, 5.41) is 10.6. The van der Waals surface area contributed by atoms with Gasteiger partial charge in [0, 0.05) is 45.5 Å². The highest BCUT2D eigenvalue weighted by Gasteiger charge is 2.12. The van der Waals surface area contributed by atoms with Gasteiger partial charge in [0.25, 0.3) is 5.91 Å². The van der Waals surface area contributed by atoms with Crippen molar-refractivity contribution in [3.05, 3.63) is 48.3 Å². The van der Waals surface area contributed by atoms with Gasteiger partial charge in [-0.25, -0.2) is 4.68 Å². The van der Waals surface area contributed by atoms with Gasteiger partial charge in [-0.2, -0.15) is 5.10 Å². The van der Waals surface area contributed by atoms with E-state index >= 15 is 0 Å². The van der Waals surface area contributed by atoms with E-state index in [9.17, 15) is 4.79 Å². The van der Waals surface area contributed by atoms with Crippen LogP contribution in [0.1, 0.15) is 10.5 Å². The van der Waals surface area contributed by atoms with Crippen LogP contribution in [0, 0.1) is 0 Å². The second-order valence-corrected chi connectivity index (χ2v) is 5.33. The number of carbonyl (C=O) groups is 1. The fraction of sp³-hybridized carbons (Fsp3) is 0.375. The fourth-order valence-corrected chi connectivity index (χ4v) is 2.52. The van der Waals surface area contributed by atoms with Crippen LogP contribution in [0.2, 0.25) is 0 Å². The first kappa shape index (κ1) is 14.7.